The van der Waals surface area contributed by atoms with E-state index in [2.05, 4.69) is 0 Å². The maximum absolute atomic E-state index is 9.12. The molecule has 0 aliphatic heterocycles. The van der Waals surface area contributed by atoms with Crippen molar-refractivity contribution in [3.63, 3.8) is 0 Å². The van der Waals surface area contributed by atoms with Crippen LogP contribution in [0.3, 0.4) is 0 Å². The second-order valence-electron chi connectivity index (χ2n) is 0.552. The molecule has 7 heavy (non-hydrogen) atoms. The van der Waals surface area contributed by atoms with Crippen LogP contribution in [0.5, 0.6) is 0 Å². The van der Waals surface area contributed by atoms with Gasteiger partial charge in [-0.2, -0.15) is 0 Å². The van der Waals surface area contributed by atoms with E-state index in [4.69, 9.17) is 24.2 Å². The van der Waals surface area contributed by atoms with Gasteiger partial charge in [-0.1, -0.05) is 0 Å². The lowest BCUT2D eigenvalue weighted by Gasteiger charge is -1.72. The van der Waals surface area contributed by atoms with Gasteiger partial charge in [-0.3, -0.25) is 0 Å². The van der Waals surface area contributed by atoms with E-state index in [1.54, 1.807) is 0 Å². The molecule has 0 aromatic heterocycles. The molecule has 0 aliphatic rings. The number of carboxylic acids is 1. The maximum Gasteiger partial charge on any atom is 0.329 e. The molecule has 0 rings (SSSR count). The van der Waals surface area contributed by atoms with Crippen molar-refractivity contribution in [3.05, 3.63) is 0 Å². The third-order valence-electron chi connectivity index (χ3n) is 0.135. The minimum atomic E-state index is -1.19. The molecule has 5 heteroatoms. The van der Waals surface area contributed by atoms with Gasteiger partial charge in [-0.25, -0.2) is 4.79 Å². The Balaban J connectivity index is 0. The van der Waals surface area contributed by atoms with Crippen LogP contribution in [0.4, 0.5) is 9.15 Å². The molecule has 3 nitrogen and oxygen atoms in total. The molecule has 0 aromatic rings. The number of hydrogen-bond acceptors (Lipinski definition) is 2. The SMILES string of the molecule is FF.O=C(O)CO. The Labute approximate surface area is 38.1 Å². The van der Waals surface area contributed by atoms with Gasteiger partial charge < -0.3 is 10.2 Å². The van der Waals surface area contributed by atoms with Gasteiger partial charge in [0.2, 0.25) is 0 Å². The summed E-state index contributed by atoms with van der Waals surface area (Å²) in [6, 6.07) is 0. The summed E-state index contributed by atoms with van der Waals surface area (Å²) >= 11 is 0. The first-order valence-electron chi connectivity index (χ1n) is 1.24. The third kappa shape index (κ3) is 34.4. The standard InChI is InChI=1S/C2H4O3.F2/c3-1-2(4)5;1-2/h3H,1H2,(H,4,5);. The van der Waals surface area contributed by atoms with Gasteiger partial charge in [0, 0.05) is 9.15 Å². The highest BCUT2D eigenvalue weighted by atomic mass is 20.0. The molecule has 0 atom stereocenters. The zero-order chi connectivity index (χ0) is 6.28. The third-order valence-corrected chi connectivity index (χ3v) is 0.135. The van der Waals surface area contributed by atoms with E-state index in [0.29, 0.717) is 0 Å². The Morgan fingerprint density at radius 2 is 1.71 bits per heavy atom. The zero-order valence-corrected chi connectivity index (χ0v) is 3.27. The summed E-state index contributed by atoms with van der Waals surface area (Å²) in [5, 5.41) is 15.0. The van der Waals surface area contributed by atoms with Gasteiger partial charge in [-0.05, 0) is 0 Å². The molecule has 0 unspecified atom stereocenters. The fraction of sp³-hybridized carbons (Fsp3) is 0.500. The largest absolute Gasteiger partial charge is 0.480 e. The van der Waals surface area contributed by atoms with E-state index in [1.165, 1.54) is 0 Å². The first-order chi connectivity index (χ1) is 3.27. The van der Waals surface area contributed by atoms with Crippen molar-refractivity contribution >= 4 is 5.97 Å². The summed E-state index contributed by atoms with van der Waals surface area (Å²) in [7, 11) is 0. The molecule has 0 aromatic carbocycles. The topological polar surface area (TPSA) is 57.5 Å². The molecular weight excluding hydrogens is 110 g/mol. The van der Waals surface area contributed by atoms with E-state index < -0.39 is 12.6 Å². The van der Waals surface area contributed by atoms with E-state index in [9.17, 15) is 0 Å². The van der Waals surface area contributed by atoms with Crippen LogP contribution in [-0.2, 0) is 4.79 Å². The predicted octanol–water partition coefficient (Wildman–Crippen LogP) is -0.0963. The van der Waals surface area contributed by atoms with Gasteiger partial charge in [0.15, 0.2) is 0 Å². The molecule has 0 bridgehead atoms. The Morgan fingerprint density at radius 1 is 1.57 bits per heavy atom. The molecule has 0 spiro atoms. The van der Waals surface area contributed by atoms with Crippen LogP contribution in [0.15, 0.2) is 0 Å². The summed E-state index contributed by atoms with van der Waals surface area (Å²) in [4.78, 5) is 9.12. The number of rotatable bonds is 1. The number of carbonyl (C=O) groups is 1. The van der Waals surface area contributed by atoms with Gasteiger partial charge in [0.25, 0.3) is 0 Å². The van der Waals surface area contributed by atoms with Crippen LogP contribution in [0.25, 0.3) is 0 Å². The molecule has 2 N–H and O–H groups in total. The Hall–Kier alpha value is -0.710. The summed E-state index contributed by atoms with van der Waals surface area (Å²) in [6.45, 7) is -0.778. The van der Waals surface area contributed by atoms with Crippen LogP contribution in [0, 0.1) is 0 Å². The second-order valence-corrected chi connectivity index (χ2v) is 0.552. The molecule has 44 valence electrons. The summed E-state index contributed by atoms with van der Waals surface area (Å²) in [5.41, 5.74) is 0. The van der Waals surface area contributed by atoms with Crippen molar-refractivity contribution in [2.75, 3.05) is 6.61 Å². The van der Waals surface area contributed by atoms with Gasteiger partial charge in [0.1, 0.15) is 6.61 Å². The van der Waals surface area contributed by atoms with Crippen molar-refractivity contribution in [2.45, 2.75) is 0 Å². The van der Waals surface area contributed by atoms with Gasteiger partial charge >= 0.3 is 5.97 Å². The summed E-state index contributed by atoms with van der Waals surface area (Å²) in [5.74, 6) is -1.19. The van der Waals surface area contributed by atoms with Gasteiger partial charge in [0.05, 0.1) is 0 Å². The smallest absolute Gasteiger partial charge is 0.329 e. The average Bonchev–Trinajstić information content (AvgIpc) is 1.73. The van der Waals surface area contributed by atoms with E-state index in [1.807, 2.05) is 0 Å². The van der Waals surface area contributed by atoms with Gasteiger partial charge in [-0.15, -0.1) is 0 Å². The van der Waals surface area contributed by atoms with Crippen molar-refractivity contribution in [1.29, 1.82) is 0 Å². The molecule has 0 fully saturated rings. The molecule has 0 amide bonds. The molecule has 0 heterocycles. The molecule has 0 saturated carbocycles. The lowest BCUT2D eigenvalue weighted by atomic mass is 10.8. The monoisotopic (exact) mass is 114 g/mol. The zero-order valence-electron chi connectivity index (χ0n) is 3.27. The van der Waals surface area contributed by atoms with Crippen LogP contribution in [-0.4, -0.2) is 22.8 Å². The highest BCUT2D eigenvalue weighted by Gasteiger charge is 1.82. The highest BCUT2D eigenvalue weighted by molar-refractivity contribution is 5.67. The first kappa shape index (κ1) is 9.56. The van der Waals surface area contributed by atoms with Crippen molar-refractivity contribution in [2.24, 2.45) is 0 Å². The maximum atomic E-state index is 9.12. The minimum Gasteiger partial charge on any atom is -0.480 e. The number of hydrogen-bond donors (Lipinski definition) is 2. The van der Waals surface area contributed by atoms with Crippen molar-refractivity contribution in [1.82, 2.24) is 0 Å². The molecular formula is C2H4F2O3. The minimum absolute atomic E-state index is 0.778. The number of aliphatic carboxylic acids is 1. The fourth-order valence-electron chi connectivity index (χ4n) is 0. The summed E-state index contributed by atoms with van der Waals surface area (Å²) in [6.07, 6.45) is 0. The summed E-state index contributed by atoms with van der Waals surface area (Å²) < 4.78 is 16.0. The Morgan fingerprint density at radius 3 is 1.71 bits per heavy atom. The first-order valence-corrected chi connectivity index (χ1v) is 1.24. The normalized spacial score (nSPS) is 6.14. The number of halogens is 2. The van der Waals surface area contributed by atoms with E-state index in [0.717, 1.165) is 0 Å². The number of aliphatic hydroxyl groups excluding tert-OH is 1. The number of aliphatic hydroxyl groups is 1. The lowest BCUT2D eigenvalue weighted by Crippen LogP contribution is -1.98. The second kappa shape index (κ2) is 8.99. The van der Waals surface area contributed by atoms with Crippen LogP contribution < -0.4 is 0 Å². The Bertz CT molecular complexity index is 46.2. The fourth-order valence-corrected chi connectivity index (χ4v) is 0. The quantitative estimate of drug-likeness (QED) is 0.500. The van der Waals surface area contributed by atoms with Crippen LogP contribution in [0.2, 0.25) is 0 Å². The Kier molecular flexibility index (Phi) is 12.3. The van der Waals surface area contributed by atoms with E-state index in [-0.39, 0.29) is 0 Å². The van der Waals surface area contributed by atoms with Crippen LogP contribution in [0.1, 0.15) is 0 Å². The average molecular weight is 114 g/mol. The molecule has 0 radical (unpaired) electrons. The molecule has 0 saturated heterocycles. The van der Waals surface area contributed by atoms with Crippen molar-refractivity contribution < 1.29 is 24.2 Å². The van der Waals surface area contributed by atoms with Crippen LogP contribution >= 0.6 is 0 Å². The van der Waals surface area contributed by atoms with E-state index >= 15 is 0 Å². The highest BCUT2D eigenvalue weighted by Crippen LogP contribution is 1.48. The lowest BCUT2D eigenvalue weighted by molar-refractivity contribution is -0.140. The van der Waals surface area contributed by atoms with Crippen molar-refractivity contribution in [3.8, 4) is 0 Å². The predicted molar refractivity (Wildman–Crippen MR) is 16.9 cm³/mol. The molecule has 0 aliphatic carbocycles. The number of carboxylic acid groups (broad SMARTS) is 1.